The first-order valence-electron chi connectivity index (χ1n) is 5.99. The third-order valence-corrected chi connectivity index (χ3v) is 2.87. The molecule has 2 N–H and O–H groups in total. The monoisotopic (exact) mass is 274 g/mol. The van der Waals surface area contributed by atoms with Gasteiger partial charge in [-0.25, -0.2) is 0 Å². The van der Waals surface area contributed by atoms with Crippen LogP contribution in [0.15, 0.2) is 30.5 Å². The van der Waals surface area contributed by atoms with Crippen molar-refractivity contribution in [2.24, 2.45) is 0 Å². The summed E-state index contributed by atoms with van der Waals surface area (Å²) in [7, 11) is 1.55. The summed E-state index contributed by atoms with van der Waals surface area (Å²) in [5.41, 5.74) is 0.955. The molecule has 1 unspecified atom stereocenters. The van der Waals surface area contributed by atoms with Crippen LogP contribution in [0.1, 0.15) is 17.3 Å². The minimum absolute atomic E-state index is 0.304. The Kier molecular flexibility index (Phi) is 3.84. The fourth-order valence-corrected chi connectivity index (χ4v) is 1.76. The molecule has 20 heavy (non-hydrogen) atoms. The zero-order valence-corrected chi connectivity index (χ0v) is 11.1. The quantitative estimate of drug-likeness (QED) is 0.880. The molecule has 0 fully saturated rings. The van der Waals surface area contributed by atoms with E-state index in [0.29, 0.717) is 16.8 Å². The summed E-state index contributed by atoms with van der Waals surface area (Å²) in [4.78, 5) is 26.8. The van der Waals surface area contributed by atoms with E-state index < -0.39 is 17.9 Å². The van der Waals surface area contributed by atoms with Crippen molar-refractivity contribution in [3.63, 3.8) is 0 Å². The van der Waals surface area contributed by atoms with Crippen molar-refractivity contribution >= 4 is 22.8 Å². The highest BCUT2D eigenvalue weighted by Gasteiger charge is 2.16. The summed E-state index contributed by atoms with van der Waals surface area (Å²) in [6, 6.07) is 6.08. The number of hydrogen-bond acceptors (Lipinski definition) is 4. The van der Waals surface area contributed by atoms with Crippen LogP contribution in [-0.4, -0.2) is 35.1 Å². The van der Waals surface area contributed by atoms with Crippen LogP contribution < -0.4 is 10.1 Å². The lowest BCUT2D eigenvalue weighted by Gasteiger charge is -2.10. The minimum atomic E-state index is -1.09. The Morgan fingerprint density at radius 1 is 1.40 bits per heavy atom. The van der Waals surface area contributed by atoms with E-state index in [1.807, 2.05) is 6.07 Å². The van der Waals surface area contributed by atoms with Gasteiger partial charge in [0.1, 0.15) is 17.3 Å². The third-order valence-electron chi connectivity index (χ3n) is 2.87. The zero-order chi connectivity index (χ0) is 14.7. The van der Waals surface area contributed by atoms with Crippen LogP contribution in [0.3, 0.4) is 0 Å². The number of nitrogens with zero attached hydrogens (tertiary/aromatic N) is 1. The second kappa shape index (κ2) is 5.56. The van der Waals surface area contributed by atoms with Crippen LogP contribution in [0.5, 0.6) is 5.75 Å². The molecular formula is C14H14N2O4. The summed E-state index contributed by atoms with van der Waals surface area (Å²) in [6.45, 7) is 1.40. The molecule has 1 atom stereocenters. The number of hydrogen-bond donors (Lipinski definition) is 2. The van der Waals surface area contributed by atoms with Crippen LogP contribution in [0.25, 0.3) is 10.9 Å². The number of carboxylic acids is 1. The Morgan fingerprint density at radius 3 is 2.80 bits per heavy atom. The molecule has 0 aliphatic carbocycles. The molecule has 1 heterocycles. The Labute approximate surface area is 115 Å². The Balaban J connectivity index is 2.32. The van der Waals surface area contributed by atoms with Gasteiger partial charge in [0, 0.05) is 11.6 Å². The number of aliphatic carboxylic acids is 1. The van der Waals surface area contributed by atoms with E-state index in [1.54, 1.807) is 25.3 Å². The molecule has 1 aromatic heterocycles. The van der Waals surface area contributed by atoms with Gasteiger partial charge in [-0.2, -0.15) is 0 Å². The molecule has 0 bridgehead atoms. The second-order valence-electron chi connectivity index (χ2n) is 4.29. The molecule has 1 aromatic carbocycles. The van der Waals surface area contributed by atoms with Crippen molar-refractivity contribution in [3.05, 3.63) is 36.0 Å². The molecule has 0 saturated heterocycles. The number of ether oxygens (including phenoxy) is 1. The van der Waals surface area contributed by atoms with Gasteiger partial charge in [-0.1, -0.05) is 12.1 Å². The summed E-state index contributed by atoms with van der Waals surface area (Å²) in [5, 5.41) is 11.9. The van der Waals surface area contributed by atoms with Crippen molar-refractivity contribution in [3.8, 4) is 5.75 Å². The van der Waals surface area contributed by atoms with Crippen LogP contribution in [0.2, 0.25) is 0 Å². The number of aromatic nitrogens is 1. The van der Waals surface area contributed by atoms with Gasteiger partial charge in [-0.3, -0.25) is 14.6 Å². The highest BCUT2D eigenvalue weighted by molar-refractivity contribution is 5.99. The van der Waals surface area contributed by atoms with Gasteiger partial charge in [0.2, 0.25) is 0 Å². The Morgan fingerprint density at radius 2 is 2.15 bits per heavy atom. The standard InChI is InChI=1S/C14H14N2O4/c1-8(14(18)19)16-13(17)10-6-9-4-3-5-11(20-2)12(9)15-7-10/h3-8H,1-2H3,(H,16,17)(H,18,19). The number of methoxy groups -OCH3 is 1. The Bertz CT molecular complexity index is 669. The summed E-state index contributed by atoms with van der Waals surface area (Å²) < 4.78 is 5.18. The lowest BCUT2D eigenvalue weighted by molar-refractivity contribution is -0.138. The maximum Gasteiger partial charge on any atom is 0.325 e. The van der Waals surface area contributed by atoms with Gasteiger partial charge in [-0.05, 0) is 19.1 Å². The number of carbonyl (C=O) groups is 2. The van der Waals surface area contributed by atoms with Gasteiger partial charge < -0.3 is 15.2 Å². The van der Waals surface area contributed by atoms with Crippen LogP contribution in [-0.2, 0) is 4.79 Å². The highest BCUT2D eigenvalue weighted by Crippen LogP contribution is 2.23. The number of para-hydroxylation sites is 1. The predicted molar refractivity (Wildman–Crippen MR) is 72.9 cm³/mol. The molecule has 1 amide bonds. The number of carboxylic acid groups (broad SMARTS) is 1. The maximum atomic E-state index is 11.9. The van der Waals surface area contributed by atoms with Crippen LogP contribution in [0, 0.1) is 0 Å². The number of amides is 1. The molecule has 0 aliphatic rings. The molecule has 104 valence electrons. The smallest absolute Gasteiger partial charge is 0.325 e. The van der Waals surface area contributed by atoms with Crippen LogP contribution in [0.4, 0.5) is 0 Å². The number of nitrogens with one attached hydrogen (secondary N) is 1. The molecule has 0 saturated carbocycles. The number of pyridine rings is 1. The van der Waals surface area contributed by atoms with E-state index in [4.69, 9.17) is 9.84 Å². The molecule has 2 aromatic rings. The third kappa shape index (κ3) is 2.69. The zero-order valence-electron chi connectivity index (χ0n) is 11.1. The molecule has 0 aliphatic heterocycles. The first-order valence-corrected chi connectivity index (χ1v) is 5.99. The van der Waals surface area contributed by atoms with Crippen molar-refractivity contribution in [2.75, 3.05) is 7.11 Å². The molecule has 6 heteroatoms. The number of fused-ring (bicyclic) bond motifs is 1. The normalized spacial score (nSPS) is 11.9. The van der Waals surface area contributed by atoms with E-state index >= 15 is 0 Å². The second-order valence-corrected chi connectivity index (χ2v) is 4.29. The van der Waals surface area contributed by atoms with Crippen molar-refractivity contribution in [2.45, 2.75) is 13.0 Å². The first kappa shape index (κ1) is 13.8. The van der Waals surface area contributed by atoms with E-state index in [9.17, 15) is 9.59 Å². The molecule has 6 nitrogen and oxygen atoms in total. The summed E-state index contributed by atoms with van der Waals surface area (Å²) in [5.74, 6) is -0.945. The maximum absolute atomic E-state index is 11.9. The molecule has 2 rings (SSSR count). The molecular weight excluding hydrogens is 260 g/mol. The fraction of sp³-hybridized carbons (Fsp3) is 0.214. The number of benzene rings is 1. The number of rotatable bonds is 4. The summed E-state index contributed by atoms with van der Waals surface area (Å²) in [6.07, 6.45) is 1.40. The average Bonchev–Trinajstić information content (AvgIpc) is 2.45. The summed E-state index contributed by atoms with van der Waals surface area (Å²) >= 11 is 0. The molecule has 0 radical (unpaired) electrons. The lowest BCUT2D eigenvalue weighted by atomic mass is 10.1. The average molecular weight is 274 g/mol. The Hall–Kier alpha value is -2.63. The first-order chi connectivity index (χ1) is 9.52. The lowest BCUT2D eigenvalue weighted by Crippen LogP contribution is -2.38. The van der Waals surface area contributed by atoms with Gasteiger partial charge in [0.25, 0.3) is 5.91 Å². The fourth-order valence-electron chi connectivity index (χ4n) is 1.76. The van der Waals surface area contributed by atoms with Crippen molar-refractivity contribution < 1.29 is 19.4 Å². The van der Waals surface area contributed by atoms with E-state index in [0.717, 1.165) is 5.39 Å². The SMILES string of the molecule is COc1cccc2cc(C(=O)NC(C)C(=O)O)cnc12. The largest absolute Gasteiger partial charge is 0.494 e. The van der Waals surface area contributed by atoms with Gasteiger partial charge in [-0.15, -0.1) is 0 Å². The minimum Gasteiger partial charge on any atom is -0.494 e. The van der Waals surface area contributed by atoms with Crippen LogP contribution >= 0.6 is 0 Å². The topological polar surface area (TPSA) is 88.5 Å². The highest BCUT2D eigenvalue weighted by atomic mass is 16.5. The van der Waals surface area contributed by atoms with Crippen molar-refractivity contribution in [1.82, 2.24) is 10.3 Å². The predicted octanol–water partition coefficient (Wildman–Crippen LogP) is 1.45. The van der Waals surface area contributed by atoms with Gasteiger partial charge >= 0.3 is 5.97 Å². The van der Waals surface area contributed by atoms with E-state index in [2.05, 4.69) is 10.3 Å². The van der Waals surface area contributed by atoms with E-state index in [1.165, 1.54) is 13.1 Å². The molecule has 0 spiro atoms. The number of carbonyl (C=O) groups excluding carboxylic acids is 1. The van der Waals surface area contributed by atoms with Gasteiger partial charge in [0.15, 0.2) is 0 Å². The van der Waals surface area contributed by atoms with E-state index in [-0.39, 0.29) is 0 Å². The van der Waals surface area contributed by atoms with Crippen molar-refractivity contribution in [1.29, 1.82) is 0 Å². The van der Waals surface area contributed by atoms with Gasteiger partial charge in [0.05, 0.1) is 12.7 Å².